The Kier molecular flexibility index (Phi) is 4.09. The largest absolute Gasteiger partial charge is 0.357 e. The second kappa shape index (κ2) is 5.42. The number of aryl methyl sites for hydroxylation is 1. The number of sulfonamides is 1. The minimum Gasteiger partial charge on any atom is -0.357 e. The molecule has 0 amide bonds. The van der Waals surface area contributed by atoms with E-state index < -0.39 is 10.0 Å². The lowest BCUT2D eigenvalue weighted by Crippen LogP contribution is -2.36. The van der Waals surface area contributed by atoms with Crippen LogP contribution in [-0.4, -0.2) is 42.8 Å². The van der Waals surface area contributed by atoms with E-state index in [4.69, 9.17) is 0 Å². The van der Waals surface area contributed by atoms with Crippen LogP contribution in [0.3, 0.4) is 0 Å². The number of hydrogen-bond acceptors (Lipinski definition) is 3. The molecule has 1 saturated heterocycles. The second-order valence-electron chi connectivity index (χ2n) is 4.87. The van der Waals surface area contributed by atoms with E-state index in [1.54, 1.807) is 0 Å². The number of nitrogens with one attached hydrogen (secondary N) is 1. The van der Waals surface area contributed by atoms with Crippen molar-refractivity contribution < 1.29 is 8.42 Å². The highest BCUT2D eigenvalue weighted by molar-refractivity contribution is 7.90. The summed E-state index contributed by atoms with van der Waals surface area (Å²) in [5.74, 6) is 0. The molecule has 1 aromatic heterocycles. The van der Waals surface area contributed by atoms with Gasteiger partial charge < -0.3 is 4.57 Å². The molecule has 1 N–H and O–H groups in total. The molecule has 0 spiro atoms. The van der Waals surface area contributed by atoms with Crippen molar-refractivity contribution in [3.05, 3.63) is 24.0 Å². The first-order valence-corrected chi connectivity index (χ1v) is 7.87. The molecule has 0 aromatic carbocycles. The molecular weight excluding hydrogens is 250 g/mol. The van der Waals surface area contributed by atoms with Crippen molar-refractivity contribution in [2.45, 2.75) is 25.1 Å². The summed E-state index contributed by atoms with van der Waals surface area (Å²) in [7, 11) is -1.13. The van der Waals surface area contributed by atoms with Gasteiger partial charge in [-0.05, 0) is 24.6 Å². The van der Waals surface area contributed by atoms with Gasteiger partial charge in [0.2, 0.25) is 10.0 Å². The minimum atomic E-state index is -3.13. The lowest BCUT2D eigenvalue weighted by molar-refractivity contribution is 0.331. The van der Waals surface area contributed by atoms with E-state index >= 15 is 0 Å². The zero-order valence-corrected chi connectivity index (χ0v) is 11.8. The van der Waals surface area contributed by atoms with Crippen molar-refractivity contribution in [3.63, 3.8) is 0 Å². The molecule has 5 nitrogen and oxygen atoms in total. The molecule has 0 bridgehead atoms. The number of nitrogens with zero attached hydrogens (tertiary/aromatic N) is 2. The first kappa shape index (κ1) is 13.6. The summed E-state index contributed by atoms with van der Waals surface area (Å²) in [4.78, 5) is 2.20. The Labute approximate surface area is 109 Å². The van der Waals surface area contributed by atoms with Gasteiger partial charge in [0.25, 0.3) is 0 Å². The van der Waals surface area contributed by atoms with Gasteiger partial charge in [0, 0.05) is 39.1 Å². The fraction of sp³-hybridized carbons (Fsp3) is 0.667. The Balaban J connectivity index is 1.92. The van der Waals surface area contributed by atoms with Gasteiger partial charge in [-0.2, -0.15) is 0 Å². The molecule has 1 atom stereocenters. The van der Waals surface area contributed by atoms with Gasteiger partial charge in [0.1, 0.15) is 0 Å². The Hall–Kier alpha value is -0.850. The Morgan fingerprint density at radius 1 is 1.50 bits per heavy atom. The van der Waals surface area contributed by atoms with E-state index in [1.807, 2.05) is 24.7 Å². The van der Waals surface area contributed by atoms with Crippen molar-refractivity contribution in [1.82, 2.24) is 14.2 Å². The van der Waals surface area contributed by atoms with E-state index in [2.05, 4.69) is 21.9 Å². The molecule has 1 fully saturated rings. The summed E-state index contributed by atoms with van der Waals surface area (Å²) < 4.78 is 28.4. The van der Waals surface area contributed by atoms with E-state index in [0.29, 0.717) is 13.1 Å². The lowest BCUT2D eigenvalue weighted by Gasteiger charge is -2.15. The number of aromatic nitrogens is 1. The highest BCUT2D eigenvalue weighted by Gasteiger charge is 2.32. The SMILES string of the molecule is CCNS(=O)(=O)[C@H]1CCN(Cc2ccn(C)c2)C1. The van der Waals surface area contributed by atoms with Gasteiger partial charge in [-0.25, -0.2) is 13.1 Å². The van der Waals surface area contributed by atoms with Crippen LogP contribution < -0.4 is 4.72 Å². The summed E-state index contributed by atoms with van der Waals surface area (Å²) in [6.45, 7) is 4.60. The zero-order chi connectivity index (χ0) is 13.2. The highest BCUT2D eigenvalue weighted by atomic mass is 32.2. The molecule has 2 heterocycles. The third-order valence-corrected chi connectivity index (χ3v) is 5.27. The van der Waals surface area contributed by atoms with E-state index in [-0.39, 0.29) is 5.25 Å². The topological polar surface area (TPSA) is 54.3 Å². The zero-order valence-electron chi connectivity index (χ0n) is 11.0. The van der Waals surface area contributed by atoms with Crippen LogP contribution in [0.1, 0.15) is 18.9 Å². The number of rotatable bonds is 5. The minimum absolute atomic E-state index is 0.263. The molecule has 2 rings (SSSR count). The van der Waals surface area contributed by atoms with E-state index in [0.717, 1.165) is 19.5 Å². The van der Waals surface area contributed by atoms with Crippen molar-refractivity contribution in [2.24, 2.45) is 7.05 Å². The quantitative estimate of drug-likeness (QED) is 0.850. The molecule has 0 unspecified atom stereocenters. The van der Waals surface area contributed by atoms with Crippen molar-refractivity contribution in [1.29, 1.82) is 0 Å². The summed E-state index contributed by atoms with van der Waals surface area (Å²) in [5.41, 5.74) is 1.24. The molecule has 0 saturated carbocycles. The lowest BCUT2D eigenvalue weighted by atomic mass is 10.3. The van der Waals surface area contributed by atoms with Gasteiger partial charge in [0.05, 0.1) is 5.25 Å². The van der Waals surface area contributed by atoms with Crippen LogP contribution in [0.5, 0.6) is 0 Å². The maximum absolute atomic E-state index is 11.9. The van der Waals surface area contributed by atoms with Crippen LogP contribution in [0.25, 0.3) is 0 Å². The van der Waals surface area contributed by atoms with Crippen LogP contribution >= 0.6 is 0 Å². The van der Waals surface area contributed by atoms with Crippen molar-refractivity contribution in [3.8, 4) is 0 Å². The molecule has 18 heavy (non-hydrogen) atoms. The average Bonchev–Trinajstić information content (AvgIpc) is 2.89. The molecule has 6 heteroatoms. The fourth-order valence-corrected chi connectivity index (χ4v) is 3.89. The number of likely N-dealkylation sites (tertiary alicyclic amines) is 1. The third-order valence-electron chi connectivity index (χ3n) is 3.31. The molecule has 1 aliphatic heterocycles. The predicted molar refractivity (Wildman–Crippen MR) is 71.7 cm³/mol. The Morgan fingerprint density at radius 2 is 2.28 bits per heavy atom. The van der Waals surface area contributed by atoms with Crippen molar-refractivity contribution >= 4 is 10.0 Å². The monoisotopic (exact) mass is 271 g/mol. The first-order chi connectivity index (χ1) is 8.51. The molecule has 102 valence electrons. The van der Waals surface area contributed by atoms with Crippen LogP contribution in [0.4, 0.5) is 0 Å². The third kappa shape index (κ3) is 3.13. The highest BCUT2D eigenvalue weighted by Crippen LogP contribution is 2.18. The van der Waals surface area contributed by atoms with Crippen LogP contribution in [0, 0.1) is 0 Å². The fourth-order valence-electron chi connectivity index (χ4n) is 2.43. The summed E-state index contributed by atoms with van der Waals surface area (Å²) in [6.07, 6.45) is 4.81. The van der Waals surface area contributed by atoms with Crippen molar-refractivity contribution in [2.75, 3.05) is 19.6 Å². The van der Waals surface area contributed by atoms with Crippen LogP contribution in [-0.2, 0) is 23.6 Å². The second-order valence-corrected chi connectivity index (χ2v) is 6.92. The Morgan fingerprint density at radius 3 is 2.89 bits per heavy atom. The van der Waals surface area contributed by atoms with Gasteiger partial charge in [-0.3, -0.25) is 4.90 Å². The molecule has 1 aromatic rings. The average molecular weight is 271 g/mol. The predicted octanol–water partition coefficient (Wildman–Crippen LogP) is 0.539. The van der Waals surface area contributed by atoms with Gasteiger partial charge in [0.15, 0.2) is 0 Å². The summed E-state index contributed by atoms with van der Waals surface area (Å²) >= 11 is 0. The van der Waals surface area contributed by atoms with Gasteiger partial charge >= 0.3 is 0 Å². The summed E-state index contributed by atoms with van der Waals surface area (Å²) in [6, 6.07) is 2.08. The van der Waals surface area contributed by atoms with Crippen LogP contribution in [0.2, 0.25) is 0 Å². The normalized spacial score (nSPS) is 21.6. The molecular formula is C12H21N3O2S. The van der Waals surface area contributed by atoms with Gasteiger partial charge in [-0.1, -0.05) is 6.92 Å². The van der Waals surface area contributed by atoms with Crippen LogP contribution in [0.15, 0.2) is 18.5 Å². The standard InChI is InChI=1S/C12H21N3O2S/c1-3-13-18(16,17)12-5-7-15(10-12)9-11-4-6-14(2)8-11/h4,6,8,12-13H,3,5,7,9-10H2,1-2H3/t12-/m0/s1. The Bertz CT molecular complexity index is 495. The smallest absolute Gasteiger partial charge is 0.215 e. The molecule has 1 aliphatic rings. The first-order valence-electron chi connectivity index (χ1n) is 6.33. The van der Waals surface area contributed by atoms with E-state index in [1.165, 1.54) is 5.56 Å². The maximum atomic E-state index is 11.9. The summed E-state index contributed by atoms with van der Waals surface area (Å²) in [5, 5.41) is -0.263. The molecule has 0 aliphatic carbocycles. The van der Waals surface area contributed by atoms with Gasteiger partial charge in [-0.15, -0.1) is 0 Å². The number of hydrogen-bond donors (Lipinski definition) is 1. The molecule has 0 radical (unpaired) electrons. The maximum Gasteiger partial charge on any atom is 0.215 e. The van der Waals surface area contributed by atoms with E-state index in [9.17, 15) is 8.42 Å².